The SMILES string of the molecule is CN(C)S(=O)(=O)c1cccc(C(=O)NNC(=O)c2ccccc2COc2ccccc2)c1. The molecule has 0 saturated heterocycles. The first kappa shape index (κ1) is 23.0. The van der Waals surface area contributed by atoms with E-state index in [1.54, 1.807) is 24.3 Å². The average molecular weight is 454 g/mol. The molecule has 0 saturated carbocycles. The number of carbonyl (C=O) groups is 2. The van der Waals surface area contributed by atoms with Crippen LogP contribution >= 0.6 is 0 Å². The molecule has 0 unspecified atom stereocenters. The second kappa shape index (κ2) is 10.1. The predicted octanol–water partition coefficient (Wildman–Crippen LogP) is 2.59. The molecule has 0 bridgehead atoms. The molecule has 8 nitrogen and oxygen atoms in total. The number of carbonyl (C=O) groups excluding carboxylic acids is 2. The number of hydrogen-bond donors (Lipinski definition) is 2. The fraction of sp³-hybridized carbons (Fsp3) is 0.130. The Bertz CT molecular complexity index is 1210. The van der Waals surface area contributed by atoms with Crippen molar-refractivity contribution in [2.24, 2.45) is 0 Å². The summed E-state index contributed by atoms with van der Waals surface area (Å²) in [4.78, 5) is 25.1. The Morgan fingerprint density at radius 1 is 0.844 bits per heavy atom. The van der Waals surface area contributed by atoms with Gasteiger partial charge in [0.2, 0.25) is 10.0 Å². The molecule has 0 aliphatic rings. The van der Waals surface area contributed by atoms with Gasteiger partial charge in [0, 0.05) is 30.8 Å². The number of ether oxygens (including phenoxy) is 1. The van der Waals surface area contributed by atoms with Gasteiger partial charge in [0.15, 0.2) is 0 Å². The van der Waals surface area contributed by atoms with Crippen molar-refractivity contribution < 1.29 is 22.7 Å². The van der Waals surface area contributed by atoms with E-state index in [1.807, 2.05) is 30.3 Å². The summed E-state index contributed by atoms with van der Waals surface area (Å²) in [7, 11) is -0.882. The normalized spacial score (nSPS) is 11.1. The van der Waals surface area contributed by atoms with E-state index in [1.165, 1.54) is 38.4 Å². The van der Waals surface area contributed by atoms with Crippen molar-refractivity contribution in [3.63, 3.8) is 0 Å². The summed E-state index contributed by atoms with van der Waals surface area (Å²) in [6.45, 7) is 0.173. The highest BCUT2D eigenvalue weighted by Gasteiger charge is 2.19. The largest absolute Gasteiger partial charge is 0.489 e. The Morgan fingerprint density at radius 2 is 1.50 bits per heavy atom. The molecule has 0 spiro atoms. The molecule has 2 amide bonds. The number of para-hydroxylation sites is 1. The lowest BCUT2D eigenvalue weighted by molar-refractivity contribution is 0.0845. The van der Waals surface area contributed by atoms with Crippen LogP contribution in [0.4, 0.5) is 0 Å². The zero-order valence-electron chi connectivity index (χ0n) is 17.6. The minimum atomic E-state index is -3.69. The van der Waals surface area contributed by atoms with Crippen LogP contribution in [0.2, 0.25) is 0 Å². The Kier molecular flexibility index (Phi) is 7.24. The third-order valence-corrected chi connectivity index (χ3v) is 6.37. The Hall–Kier alpha value is -3.69. The zero-order valence-corrected chi connectivity index (χ0v) is 18.4. The molecule has 2 N–H and O–H groups in total. The number of nitrogens with zero attached hydrogens (tertiary/aromatic N) is 1. The van der Waals surface area contributed by atoms with Gasteiger partial charge in [-0.05, 0) is 36.4 Å². The van der Waals surface area contributed by atoms with E-state index in [4.69, 9.17) is 4.74 Å². The lowest BCUT2D eigenvalue weighted by Crippen LogP contribution is -2.42. The van der Waals surface area contributed by atoms with E-state index in [0.29, 0.717) is 16.9 Å². The highest BCUT2D eigenvalue weighted by Crippen LogP contribution is 2.16. The van der Waals surface area contributed by atoms with Crippen LogP contribution in [-0.2, 0) is 16.6 Å². The summed E-state index contributed by atoms with van der Waals surface area (Å²) in [5.41, 5.74) is 5.75. The monoisotopic (exact) mass is 453 g/mol. The molecular weight excluding hydrogens is 430 g/mol. The standard InChI is InChI=1S/C23H23N3O5S/c1-26(2)32(29,30)20-13-8-10-17(15-20)22(27)24-25-23(28)21-14-7-6-9-18(21)16-31-19-11-4-3-5-12-19/h3-15H,16H2,1-2H3,(H,24,27)(H,25,28). The highest BCUT2D eigenvalue weighted by atomic mass is 32.2. The molecule has 0 aliphatic heterocycles. The minimum absolute atomic E-state index is 0.0233. The topological polar surface area (TPSA) is 105 Å². The summed E-state index contributed by atoms with van der Waals surface area (Å²) in [5, 5.41) is 0. The van der Waals surface area contributed by atoms with E-state index < -0.39 is 21.8 Å². The molecule has 0 atom stereocenters. The molecule has 0 radical (unpaired) electrons. The van der Waals surface area contributed by atoms with Crippen molar-refractivity contribution in [3.8, 4) is 5.75 Å². The van der Waals surface area contributed by atoms with Gasteiger partial charge in [0.05, 0.1) is 4.90 Å². The van der Waals surface area contributed by atoms with Crippen LogP contribution in [0.25, 0.3) is 0 Å². The molecule has 9 heteroatoms. The van der Waals surface area contributed by atoms with Gasteiger partial charge in [-0.1, -0.05) is 42.5 Å². The summed E-state index contributed by atoms with van der Waals surface area (Å²) in [6, 6.07) is 21.6. The molecule has 0 heterocycles. The van der Waals surface area contributed by atoms with Crippen molar-refractivity contribution >= 4 is 21.8 Å². The van der Waals surface area contributed by atoms with Crippen molar-refractivity contribution in [1.29, 1.82) is 0 Å². The molecule has 0 fully saturated rings. The van der Waals surface area contributed by atoms with E-state index in [-0.39, 0.29) is 17.1 Å². The van der Waals surface area contributed by atoms with Gasteiger partial charge in [0.25, 0.3) is 11.8 Å². The van der Waals surface area contributed by atoms with Crippen LogP contribution in [0, 0.1) is 0 Å². The van der Waals surface area contributed by atoms with Crippen LogP contribution in [0.1, 0.15) is 26.3 Å². The fourth-order valence-corrected chi connectivity index (χ4v) is 3.76. The third kappa shape index (κ3) is 5.51. The second-order valence-corrected chi connectivity index (χ2v) is 9.13. The first-order valence-corrected chi connectivity index (χ1v) is 11.1. The minimum Gasteiger partial charge on any atom is -0.489 e. The van der Waals surface area contributed by atoms with Crippen molar-refractivity contribution in [3.05, 3.63) is 95.6 Å². The van der Waals surface area contributed by atoms with Crippen molar-refractivity contribution in [2.75, 3.05) is 14.1 Å². The zero-order chi connectivity index (χ0) is 23.1. The van der Waals surface area contributed by atoms with Gasteiger partial charge >= 0.3 is 0 Å². The summed E-state index contributed by atoms with van der Waals surface area (Å²) >= 11 is 0. The maximum atomic E-state index is 12.6. The number of amides is 2. The molecular formula is C23H23N3O5S. The average Bonchev–Trinajstić information content (AvgIpc) is 2.81. The lowest BCUT2D eigenvalue weighted by atomic mass is 10.1. The van der Waals surface area contributed by atoms with Crippen molar-refractivity contribution in [2.45, 2.75) is 11.5 Å². The van der Waals surface area contributed by atoms with Gasteiger partial charge < -0.3 is 4.74 Å². The van der Waals surface area contributed by atoms with Gasteiger partial charge in [-0.15, -0.1) is 0 Å². The van der Waals surface area contributed by atoms with Gasteiger partial charge in [-0.25, -0.2) is 12.7 Å². The lowest BCUT2D eigenvalue weighted by Gasteiger charge is -2.13. The molecule has 166 valence electrons. The Labute approximate surface area is 186 Å². The third-order valence-electron chi connectivity index (χ3n) is 4.56. The van der Waals surface area contributed by atoms with Crippen LogP contribution < -0.4 is 15.6 Å². The van der Waals surface area contributed by atoms with E-state index in [0.717, 1.165) is 4.31 Å². The Balaban J connectivity index is 1.67. The number of hydrazine groups is 1. The number of rotatable bonds is 7. The van der Waals surface area contributed by atoms with Gasteiger partial charge in [-0.3, -0.25) is 20.4 Å². The predicted molar refractivity (Wildman–Crippen MR) is 119 cm³/mol. The molecule has 0 aromatic heterocycles. The number of benzene rings is 3. The Morgan fingerprint density at radius 3 is 2.22 bits per heavy atom. The van der Waals surface area contributed by atoms with E-state index in [9.17, 15) is 18.0 Å². The smallest absolute Gasteiger partial charge is 0.270 e. The first-order valence-electron chi connectivity index (χ1n) is 9.68. The maximum Gasteiger partial charge on any atom is 0.270 e. The van der Waals surface area contributed by atoms with Crippen LogP contribution in [0.15, 0.2) is 83.8 Å². The van der Waals surface area contributed by atoms with Gasteiger partial charge in [0.1, 0.15) is 12.4 Å². The number of hydrogen-bond acceptors (Lipinski definition) is 5. The number of nitrogens with one attached hydrogen (secondary N) is 2. The van der Waals surface area contributed by atoms with Gasteiger partial charge in [-0.2, -0.15) is 0 Å². The fourth-order valence-electron chi connectivity index (χ4n) is 2.81. The van der Waals surface area contributed by atoms with Crippen molar-refractivity contribution in [1.82, 2.24) is 15.2 Å². The molecule has 3 aromatic carbocycles. The summed E-state index contributed by atoms with van der Waals surface area (Å²) in [5.74, 6) is -0.501. The molecule has 3 aromatic rings. The molecule has 0 aliphatic carbocycles. The maximum absolute atomic E-state index is 12.6. The first-order chi connectivity index (χ1) is 15.3. The van der Waals surface area contributed by atoms with E-state index >= 15 is 0 Å². The quantitative estimate of drug-likeness (QED) is 0.535. The summed E-state index contributed by atoms with van der Waals surface area (Å²) < 4.78 is 31.3. The summed E-state index contributed by atoms with van der Waals surface area (Å²) in [6.07, 6.45) is 0. The molecule has 32 heavy (non-hydrogen) atoms. The van der Waals surface area contributed by atoms with E-state index in [2.05, 4.69) is 10.9 Å². The highest BCUT2D eigenvalue weighted by molar-refractivity contribution is 7.89. The van der Waals surface area contributed by atoms with Crippen LogP contribution in [0.3, 0.4) is 0 Å². The molecule has 3 rings (SSSR count). The second-order valence-electron chi connectivity index (χ2n) is 6.98. The van der Waals surface area contributed by atoms with Crippen LogP contribution in [-0.4, -0.2) is 38.6 Å². The van der Waals surface area contributed by atoms with Crippen LogP contribution in [0.5, 0.6) is 5.75 Å². The number of sulfonamides is 1.